The normalized spacial score (nSPS) is 15.5. The first kappa shape index (κ1) is 9.71. The van der Waals surface area contributed by atoms with Crippen molar-refractivity contribution in [2.24, 2.45) is 0 Å². The summed E-state index contributed by atoms with van der Waals surface area (Å²) in [4.78, 5) is 15.6. The van der Waals surface area contributed by atoms with Crippen LogP contribution in [0, 0.1) is 0 Å². The highest BCUT2D eigenvalue weighted by Crippen LogP contribution is 2.10. The zero-order valence-electron chi connectivity index (χ0n) is 8.31. The largest absolute Gasteiger partial charge is 0.397 e. The number of pyridine rings is 1. The maximum atomic E-state index is 11.7. The van der Waals surface area contributed by atoms with Crippen LogP contribution in [0.15, 0.2) is 30.5 Å². The van der Waals surface area contributed by atoms with Crippen molar-refractivity contribution < 1.29 is 4.79 Å². The van der Waals surface area contributed by atoms with Gasteiger partial charge < -0.3 is 11.1 Å². The molecule has 0 unspecified atom stereocenters. The third kappa shape index (κ3) is 2.34. The van der Waals surface area contributed by atoms with Crippen molar-refractivity contribution in [3.63, 3.8) is 0 Å². The number of hydrogen-bond acceptors (Lipinski definition) is 3. The Kier molecular flexibility index (Phi) is 2.67. The molecule has 0 aromatic carbocycles. The van der Waals surface area contributed by atoms with Crippen LogP contribution in [0.2, 0.25) is 0 Å². The molecule has 1 aromatic heterocycles. The van der Waals surface area contributed by atoms with Crippen LogP contribution in [0.5, 0.6) is 0 Å². The zero-order valence-corrected chi connectivity index (χ0v) is 8.31. The molecule has 0 saturated carbocycles. The summed E-state index contributed by atoms with van der Waals surface area (Å²) in [6, 6.07) is 3.53. The van der Waals surface area contributed by atoms with Gasteiger partial charge in [-0.3, -0.25) is 4.79 Å². The molecule has 0 spiro atoms. The molecule has 1 aliphatic rings. The van der Waals surface area contributed by atoms with E-state index < -0.39 is 0 Å². The van der Waals surface area contributed by atoms with Crippen molar-refractivity contribution in [3.8, 4) is 0 Å². The summed E-state index contributed by atoms with van der Waals surface area (Å²) in [6.45, 7) is 0. The van der Waals surface area contributed by atoms with E-state index in [2.05, 4.69) is 22.5 Å². The molecule has 1 aliphatic carbocycles. The number of nitrogens with one attached hydrogen (secondary N) is 1. The molecule has 15 heavy (non-hydrogen) atoms. The summed E-state index contributed by atoms with van der Waals surface area (Å²) in [5, 5.41) is 2.91. The zero-order chi connectivity index (χ0) is 10.7. The molecular formula is C11H13N3O. The van der Waals surface area contributed by atoms with Gasteiger partial charge in [-0.05, 0) is 25.0 Å². The number of hydrogen-bond donors (Lipinski definition) is 2. The van der Waals surface area contributed by atoms with Crippen molar-refractivity contribution in [2.75, 3.05) is 5.73 Å². The average molecular weight is 203 g/mol. The van der Waals surface area contributed by atoms with Gasteiger partial charge in [0.25, 0.3) is 5.91 Å². The molecule has 0 radical (unpaired) electrons. The SMILES string of the molecule is Nc1ccc(C(=O)NC2CC=CC2)nc1. The van der Waals surface area contributed by atoms with E-state index in [1.807, 2.05) is 0 Å². The minimum atomic E-state index is -0.135. The van der Waals surface area contributed by atoms with Crippen LogP contribution in [0.1, 0.15) is 23.3 Å². The minimum absolute atomic E-state index is 0.135. The van der Waals surface area contributed by atoms with Gasteiger partial charge in [0.05, 0.1) is 11.9 Å². The first-order valence-electron chi connectivity index (χ1n) is 4.93. The van der Waals surface area contributed by atoms with Crippen molar-refractivity contribution in [1.82, 2.24) is 10.3 Å². The fraction of sp³-hybridized carbons (Fsp3) is 0.273. The average Bonchev–Trinajstić information content (AvgIpc) is 2.71. The quantitative estimate of drug-likeness (QED) is 0.707. The highest BCUT2D eigenvalue weighted by molar-refractivity contribution is 5.92. The standard InChI is InChI=1S/C11H13N3O/c12-8-5-6-10(13-7-8)11(15)14-9-3-1-2-4-9/h1-2,5-7,9H,3-4,12H2,(H,14,15). The van der Waals surface area contributed by atoms with E-state index in [9.17, 15) is 4.79 Å². The monoisotopic (exact) mass is 203 g/mol. The maximum Gasteiger partial charge on any atom is 0.270 e. The Hall–Kier alpha value is -1.84. The van der Waals surface area contributed by atoms with Gasteiger partial charge in [0.2, 0.25) is 0 Å². The molecule has 4 nitrogen and oxygen atoms in total. The molecule has 1 heterocycles. The second-order valence-corrected chi connectivity index (χ2v) is 3.59. The number of rotatable bonds is 2. The van der Waals surface area contributed by atoms with Crippen molar-refractivity contribution in [2.45, 2.75) is 18.9 Å². The Labute approximate surface area is 88.2 Å². The summed E-state index contributed by atoms with van der Waals surface area (Å²) >= 11 is 0. The van der Waals surface area contributed by atoms with Crippen LogP contribution in [-0.2, 0) is 0 Å². The van der Waals surface area contributed by atoms with Crippen LogP contribution < -0.4 is 11.1 Å². The van der Waals surface area contributed by atoms with E-state index in [-0.39, 0.29) is 11.9 Å². The lowest BCUT2D eigenvalue weighted by atomic mass is 10.2. The Morgan fingerprint density at radius 3 is 2.73 bits per heavy atom. The molecule has 3 N–H and O–H groups in total. The molecule has 1 aromatic rings. The number of carbonyl (C=O) groups is 1. The molecular weight excluding hydrogens is 190 g/mol. The fourth-order valence-corrected chi connectivity index (χ4v) is 1.53. The van der Waals surface area contributed by atoms with Crippen LogP contribution in [-0.4, -0.2) is 16.9 Å². The smallest absolute Gasteiger partial charge is 0.270 e. The molecule has 0 saturated heterocycles. The number of amides is 1. The molecule has 0 bridgehead atoms. The van der Waals surface area contributed by atoms with E-state index in [1.54, 1.807) is 12.1 Å². The maximum absolute atomic E-state index is 11.7. The summed E-state index contributed by atoms with van der Waals surface area (Å²) in [5.74, 6) is -0.135. The summed E-state index contributed by atoms with van der Waals surface area (Å²) in [6.07, 6.45) is 7.44. The fourth-order valence-electron chi connectivity index (χ4n) is 1.53. The van der Waals surface area contributed by atoms with Crippen molar-refractivity contribution in [3.05, 3.63) is 36.2 Å². The van der Waals surface area contributed by atoms with Crippen LogP contribution in [0.4, 0.5) is 5.69 Å². The number of nitrogen functional groups attached to an aromatic ring is 1. The van der Waals surface area contributed by atoms with Gasteiger partial charge in [0.1, 0.15) is 5.69 Å². The number of aromatic nitrogens is 1. The van der Waals surface area contributed by atoms with Gasteiger partial charge in [0, 0.05) is 6.04 Å². The first-order valence-corrected chi connectivity index (χ1v) is 4.93. The molecule has 1 amide bonds. The first-order chi connectivity index (χ1) is 7.25. The third-order valence-corrected chi connectivity index (χ3v) is 2.36. The highest BCUT2D eigenvalue weighted by atomic mass is 16.1. The third-order valence-electron chi connectivity index (χ3n) is 2.36. The predicted molar refractivity (Wildman–Crippen MR) is 58.3 cm³/mol. The number of nitrogens with two attached hydrogens (primary N) is 1. The van der Waals surface area contributed by atoms with Gasteiger partial charge in [-0.25, -0.2) is 4.98 Å². The number of carbonyl (C=O) groups excluding carboxylic acids is 1. The molecule has 4 heteroatoms. The van der Waals surface area contributed by atoms with Crippen LogP contribution in [0.3, 0.4) is 0 Å². The van der Waals surface area contributed by atoms with Gasteiger partial charge in [-0.15, -0.1) is 0 Å². The van der Waals surface area contributed by atoms with Crippen LogP contribution >= 0.6 is 0 Å². The molecule has 78 valence electrons. The van der Waals surface area contributed by atoms with Crippen LogP contribution in [0.25, 0.3) is 0 Å². The Morgan fingerprint density at radius 1 is 1.40 bits per heavy atom. The summed E-state index contributed by atoms with van der Waals surface area (Å²) in [5.41, 5.74) is 6.46. The molecule has 0 fully saturated rings. The lowest BCUT2D eigenvalue weighted by molar-refractivity contribution is 0.0934. The van der Waals surface area contributed by atoms with E-state index in [4.69, 9.17) is 5.73 Å². The number of anilines is 1. The Balaban J connectivity index is 1.98. The summed E-state index contributed by atoms with van der Waals surface area (Å²) in [7, 11) is 0. The Bertz CT molecular complexity index is 375. The molecule has 0 atom stereocenters. The second-order valence-electron chi connectivity index (χ2n) is 3.59. The summed E-state index contributed by atoms with van der Waals surface area (Å²) < 4.78 is 0. The van der Waals surface area contributed by atoms with E-state index in [0.717, 1.165) is 12.8 Å². The van der Waals surface area contributed by atoms with Crippen molar-refractivity contribution in [1.29, 1.82) is 0 Å². The Morgan fingerprint density at radius 2 is 2.13 bits per heavy atom. The molecule has 0 aliphatic heterocycles. The predicted octanol–water partition coefficient (Wildman–Crippen LogP) is 1.11. The topological polar surface area (TPSA) is 68.0 Å². The van der Waals surface area contributed by atoms with Gasteiger partial charge in [0.15, 0.2) is 0 Å². The van der Waals surface area contributed by atoms with Gasteiger partial charge in [-0.1, -0.05) is 12.2 Å². The van der Waals surface area contributed by atoms with Gasteiger partial charge in [-0.2, -0.15) is 0 Å². The highest BCUT2D eigenvalue weighted by Gasteiger charge is 2.14. The van der Waals surface area contributed by atoms with E-state index in [1.165, 1.54) is 6.20 Å². The second kappa shape index (κ2) is 4.13. The lowest BCUT2D eigenvalue weighted by Crippen LogP contribution is -2.33. The lowest BCUT2D eigenvalue weighted by Gasteiger charge is -2.11. The van der Waals surface area contributed by atoms with Crippen molar-refractivity contribution >= 4 is 11.6 Å². The number of nitrogens with zero attached hydrogens (tertiary/aromatic N) is 1. The minimum Gasteiger partial charge on any atom is -0.397 e. The molecule has 2 rings (SSSR count). The van der Waals surface area contributed by atoms with Gasteiger partial charge >= 0.3 is 0 Å². The van der Waals surface area contributed by atoms with E-state index in [0.29, 0.717) is 11.4 Å². The van der Waals surface area contributed by atoms with E-state index >= 15 is 0 Å².